The van der Waals surface area contributed by atoms with Gasteiger partial charge in [0.25, 0.3) is 0 Å². The number of nitriles is 1. The third-order valence-electron chi connectivity index (χ3n) is 4.37. The molecule has 3 heteroatoms. The predicted molar refractivity (Wildman–Crippen MR) is 113 cm³/mol. The van der Waals surface area contributed by atoms with Gasteiger partial charge in [-0.05, 0) is 37.9 Å². The molecule has 0 aromatic carbocycles. The number of piperidine rings is 1. The minimum atomic E-state index is -0.266. The summed E-state index contributed by atoms with van der Waals surface area (Å²) in [5.41, 5.74) is 0.924. The van der Waals surface area contributed by atoms with Gasteiger partial charge in [-0.3, -0.25) is 9.80 Å². The van der Waals surface area contributed by atoms with Crippen LogP contribution in [0.5, 0.6) is 0 Å². The van der Waals surface area contributed by atoms with E-state index in [1.807, 2.05) is 39.8 Å². The largest absolute Gasteiger partial charge is 0.299 e. The van der Waals surface area contributed by atoms with E-state index in [9.17, 15) is 5.26 Å². The van der Waals surface area contributed by atoms with Gasteiger partial charge in [-0.15, -0.1) is 0 Å². The van der Waals surface area contributed by atoms with E-state index in [1.54, 1.807) is 6.08 Å². The van der Waals surface area contributed by atoms with Crippen molar-refractivity contribution in [1.29, 1.82) is 5.26 Å². The molecule has 1 aliphatic heterocycles. The predicted octanol–water partition coefficient (Wildman–Crippen LogP) is 5.43. The number of hydrogen-bond donors (Lipinski definition) is 0. The minimum absolute atomic E-state index is 0.266. The van der Waals surface area contributed by atoms with Crippen molar-refractivity contribution in [3.63, 3.8) is 0 Å². The van der Waals surface area contributed by atoms with Crippen LogP contribution in [0.25, 0.3) is 0 Å². The first-order chi connectivity index (χ1) is 12.2. The molecule has 0 saturated carbocycles. The third kappa shape index (κ3) is 8.52. The normalized spacial score (nSPS) is 16.6. The molecule has 1 fully saturated rings. The lowest BCUT2D eigenvalue weighted by atomic mass is 9.86. The number of rotatable bonds is 8. The van der Waals surface area contributed by atoms with Crippen molar-refractivity contribution in [2.45, 2.75) is 66.3 Å². The molecule has 25 heavy (non-hydrogen) atoms. The van der Waals surface area contributed by atoms with Crippen molar-refractivity contribution in [3.05, 3.63) is 37.0 Å². The van der Waals surface area contributed by atoms with Gasteiger partial charge < -0.3 is 0 Å². The first-order valence-corrected chi connectivity index (χ1v) is 9.98. The average molecular weight is 348 g/mol. The molecule has 1 aliphatic rings. The number of hydrogen-bond acceptors (Lipinski definition) is 3. The molecule has 0 aliphatic carbocycles. The minimum Gasteiger partial charge on any atom is -0.299 e. The summed E-state index contributed by atoms with van der Waals surface area (Å²) in [5, 5.41) is 9.72. The van der Waals surface area contributed by atoms with E-state index >= 15 is 0 Å². The van der Waals surface area contributed by atoms with E-state index in [-0.39, 0.29) is 5.54 Å². The van der Waals surface area contributed by atoms with Crippen LogP contribution in [-0.4, -0.2) is 48.1 Å². The molecule has 0 aromatic rings. The lowest BCUT2D eigenvalue weighted by Gasteiger charge is -2.44. The molecular weight excluding hydrogens is 306 g/mol. The Kier molecular flexibility index (Phi) is 16.7. The van der Waals surface area contributed by atoms with Gasteiger partial charge in [0.2, 0.25) is 0 Å². The van der Waals surface area contributed by atoms with Gasteiger partial charge in [-0.25, -0.2) is 0 Å². The maximum atomic E-state index is 9.72. The summed E-state index contributed by atoms with van der Waals surface area (Å²) in [5.74, 6) is 0. The monoisotopic (exact) mass is 347 g/mol. The number of nitrogens with zero attached hydrogens (tertiary/aromatic N) is 3. The summed E-state index contributed by atoms with van der Waals surface area (Å²) < 4.78 is 0. The van der Waals surface area contributed by atoms with E-state index in [0.717, 1.165) is 52.0 Å². The Hall–Kier alpha value is -1.37. The maximum absolute atomic E-state index is 9.72. The highest BCUT2D eigenvalue weighted by Gasteiger charge is 2.39. The number of likely N-dealkylation sites (tertiary alicyclic amines) is 1. The van der Waals surface area contributed by atoms with Crippen LogP contribution in [0.1, 0.15) is 60.8 Å². The Morgan fingerprint density at radius 2 is 1.72 bits per heavy atom. The second kappa shape index (κ2) is 16.1. The molecular formula is C22H41N3. The Morgan fingerprint density at radius 1 is 1.16 bits per heavy atom. The fourth-order valence-corrected chi connectivity index (χ4v) is 3.12. The van der Waals surface area contributed by atoms with E-state index in [4.69, 9.17) is 0 Å². The Bertz CT molecular complexity index is 409. The van der Waals surface area contributed by atoms with Gasteiger partial charge in [0.05, 0.1) is 6.07 Å². The molecule has 144 valence electrons. The molecule has 0 atom stereocenters. The van der Waals surface area contributed by atoms with Crippen molar-refractivity contribution in [2.75, 3.05) is 32.7 Å². The van der Waals surface area contributed by atoms with Crippen molar-refractivity contribution < 1.29 is 0 Å². The molecule has 3 nitrogen and oxygen atoms in total. The van der Waals surface area contributed by atoms with E-state index < -0.39 is 0 Å². The van der Waals surface area contributed by atoms with Crippen LogP contribution in [0.15, 0.2) is 37.0 Å². The van der Waals surface area contributed by atoms with Gasteiger partial charge in [0.15, 0.2) is 0 Å². The zero-order valence-corrected chi connectivity index (χ0v) is 17.6. The Morgan fingerprint density at radius 3 is 2.08 bits per heavy atom. The second-order valence-corrected chi connectivity index (χ2v) is 5.68. The summed E-state index contributed by atoms with van der Waals surface area (Å²) in [6, 6.07) is 2.61. The Labute approximate surface area is 157 Å². The van der Waals surface area contributed by atoms with Crippen molar-refractivity contribution in [3.8, 4) is 6.07 Å². The second-order valence-electron chi connectivity index (χ2n) is 5.68. The van der Waals surface area contributed by atoms with Gasteiger partial charge in [0, 0.05) is 19.6 Å². The highest BCUT2D eigenvalue weighted by atomic mass is 15.2. The zero-order valence-electron chi connectivity index (χ0n) is 17.6. The quantitative estimate of drug-likeness (QED) is 0.549. The van der Waals surface area contributed by atoms with E-state index in [0.29, 0.717) is 0 Å². The Balaban J connectivity index is 0. The summed E-state index contributed by atoms with van der Waals surface area (Å²) in [4.78, 5) is 4.77. The first-order valence-electron chi connectivity index (χ1n) is 9.98. The van der Waals surface area contributed by atoms with Crippen LogP contribution in [0, 0.1) is 11.3 Å². The summed E-state index contributed by atoms with van der Waals surface area (Å²) in [7, 11) is 0. The molecule has 0 aromatic heterocycles. The summed E-state index contributed by atoms with van der Waals surface area (Å²) in [6.45, 7) is 24.7. The fourth-order valence-electron chi connectivity index (χ4n) is 3.12. The van der Waals surface area contributed by atoms with Crippen LogP contribution < -0.4 is 0 Å². The van der Waals surface area contributed by atoms with Crippen molar-refractivity contribution in [2.24, 2.45) is 0 Å². The highest BCUT2D eigenvalue weighted by Crippen LogP contribution is 2.29. The van der Waals surface area contributed by atoms with E-state index in [2.05, 4.69) is 42.9 Å². The lowest BCUT2D eigenvalue weighted by Crippen LogP contribution is -2.55. The summed E-state index contributed by atoms with van der Waals surface area (Å²) in [6.07, 6.45) is 8.66. The first kappa shape index (κ1) is 25.9. The van der Waals surface area contributed by atoms with Crippen molar-refractivity contribution in [1.82, 2.24) is 9.80 Å². The highest BCUT2D eigenvalue weighted by molar-refractivity contribution is 5.23. The number of allylic oxidation sites excluding steroid dienone is 2. The lowest BCUT2D eigenvalue weighted by molar-refractivity contribution is 0.0682. The molecule has 1 rings (SSSR count). The van der Waals surface area contributed by atoms with Crippen LogP contribution in [0.4, 0.5) is 0 Å². The average Bonchev–Trinajstić information content (AvgIpc) is 2.69. The molecule has 0 bridgehead atoms. The van der Waals surface area contributed by atoms with Gasteiger partial charge in [-0.2, -0.15) is 5.26 Å². The fraction of sp³-hybridized carbons (Fsp3) is 0.682. The van der Waals surface area contributed by atoms with E-state index in [1.165, 1.54) is 5.57 Å². The van der Waals surface area contributed by atoms with Crippen LogP contribution >= 0.6 is 0 Å². The molecule has 0 amide bonds. The molecule has 0 radical (unpaired) electrons. The molecule has 0 N–H and O–H groups in total. The SMILES string of the molecule is C=C/C=C(\C=C)CN1CCC(C#N)(N(CC)CCC)CC1.CC.CC. The summed E-state index contributed by atoms with van der Waals surface area (Å²) >= 11 is 0. The zero-order chi connectivity index (χ0) is 19.7. The molecule has 1 saturated heterocycles. The van der Waals surface area contributed by atoms with Crippen molar-refractivity contribution >= 4 is 0 Å². The van der Waals surface area contributed by atoms with Crippen LogP contribution in [0.3, 0.4) is 0 Å². The maximum Gasteiger partial charge on any atom is 0.111 e. The van der Waals surface area contributed by atoms with Crippen LogP contribution in [-0.2, 0) is 0 Å². The molecule has 1 heterocycles. The van der Waals surface area contributed by atoms with Crippen LogP contribution in [0.2, 0.25) is 0 Å². The third-order valence-corrected chi connectivity index (χ3v) is 4.37. The topological polar surface area (TPSA) is 30.3 Å². The van der Waals surface area contributed by atoms with Gasteiger partial charge >= 0.3 is 0 Å². The van der Waals surface area contributed by atoms with Gasteiger partial charge in [0.1, 0.15) is 5.54 Å². The smallest absolute Gasteiger partial charge is 0.111 e. The molecule has 0 spiro atoms. The standard InChI is InChI=1S/C18H29N3.2C2H6/c1-5-9-17(7-3)15-20-13-10-18(16-19,11-14-20)21(8-4)12-6-2;2*1-2/h5,7,9H,1,3,6,8,10-15H2,2,4H3;2*1-2H3/b17-9+;;. The molecule has 0 unspecified atom stereocenters. The van der Waals surface area contributed by atoms with Gasteiger partial charge in [-0.1, -0.05) is 72.9 Å².